The molecule has 0 saturated carbocycles. The molecule has 1 atom stereocenters. The van der Waals surface area contributed by atoms with Crippen molar-refractivity contribution in [2.24, 2.45) is 5.92 Å². The zero-order valence-corrected chi connectivity index (χ0v) is 9.48. The summed E-state index contributed by atoms with van der Waals surface area (Å²) in [5.74, 6) is 0.207. The quantitative estimate of drug-likeness (QED) is 0.812. The molecule has 1 unspecified atom stereocenters. The van der Waals surface area contributed by atoms with Crippen molar-refractivity contribution in [3.63, 3.8) is 0 Å². The van der Waals surface area contributed by atoms with E-state index in [1.807, 2.05) is 33.1 Å². The van der Waals surface area contributed by atoms with Crippen LogP contribution >= 0.6 is 11.3 Å². The number of aryl methyl sites for hydroxylation is 1. The Morgan fingerprint density at radius 2 is 2.23 bits per heavy atom. The van der Waals surface area contributed by atoms with Crippen molar-refractivity contribution in [1.29, 1.82) is 0 Å². The van der Waals surface area contributed by atoms with E-state index in [2.05, 4.69) is 4.98 Å². The average molecular weight is 199 g/mol. The summed E-state index contributed by atoms with van der Waals surface area (Å²) in [6.45, 7) is 8.01. The minimum Gasteiger partial charge on any atom is -0.383 e. The molecule has 0 aliphatic heterocycles. The first kappa shape index (κ1) is 10.7. The van der Waals surface area contributed by atoms with Crippen LogP contribution in [0.1, 0.15) is 37.9 Å². The van der Waals surface area contributed by atoms with E-state index in [1.54, 1.807) is 11.3 Å². The summed E-state index contributed by atoms with van der Waals surface area (Å²) in [7, 11) is 0. The summed E-state index contributed by atoms with van der Waals surface area (Å²) in [6, 6.07) is 0. The molecule has 2 nitrogen and oxygen atoms in total. The van der Waals surface area contributed by atoms with E-state index in [4.69, 9.17) is 0 Å². The summed E-state index contributed by atoms with van der Waals surface area (Å²) < 4.78 is 0. The van der Waals surface area contributed by atoms with Crippen molar-refractivity contribution in [3.8, 4) is 0 Å². The van der Waals surface area contributed by atoms with Gasteiger partial charge in [-0.1, -0.05) is 20.8 Å². The van der Waals surface area contributed by atoms with Gasteiger partial charge < -0.3 is 5.11 Å². The number of hydrogen-bond donors (Lipinski definition) is 1. The largest absolute Gasteiger partial charge is 0.383 e. The van der Waals surface area contributed by atoms with E-state index in [9.17, 15) is 5.11 Å². The van der Waals surface area contributed by atoms with Crippen molar-refractivity contribution >= 4 is 11.3 Å². The van der Waals surface area contributed by atoms with Crippen LogP contribution < -0.4 is 0 Å². The van der Waals surface area contributed by atoms with Crippen molar-refractivity contribution in [3.05, 3.63) is 16.1 Å². The highest BCUT2D eigenvalue weighted by atomic mass is 32.1. The van der Waals surface area contributed by atoms with Gasteiger partial charge in [0.25, 0.3) is 0 Å². The molecular weight excluding hydrogens is 182 g/mol. The van der Waals surface area contributed by atoms with Crippen molar-refractivity contribution in [1.82, 2.24) is 4.98 Å². The van der Waals surface area contributed by atoms with E-state index >= 15 is 0 Å². The fourth-order valence-corrected chi connectivity index (χ4v) is 2.14. The number of thiazole rings is 1. The van der Waals surface area contributed by atoms with Gasteiger partial charge in [0.05, 0.1) is 10.7 Å². The Balaban J connectivity index is 3.02. The van der Waals surface area contributed by atoms with Gasteiger partial charge in [-0.25, -0.2) is 4.98 Å². The van der Waals surface area contributed by atoms with E-state index < -0.39 is 5.60 Å². The Morgan fingerprint density at radius 1 is 1.62 bits per heavy atom. The smallest absolute Gasteiger partial charge is 0.109 e. The van der Waals surface area contributed by atoms with Crippen LogP contribution in [-0.4, -0.2) is 10.1 Å². The highest BCUT2D eigenvalue weighted by molar-refractivity contribution is 7.09. The van der Waals surface area contributed by atoms with E-state index in [0.29, 0.717) is 6.42 Å². The zero-order chi connectivity index (χ0) is 10.1. The molecule has 0 bridgehead atoms. The van der Waals surface area contributed by atoms with Crippen LogP contribution in [0, 0.1) is 12.8 Å². The van der Waals surface area contributed by atoms with Crippen LogP contribution in [0.3, 0.4) is 0 Å². The molecule has 1 aromatic rings. The van der Waals surface area contributed by atoms with Crippen LogP contribution in [0.25, 0.3) is 0 Å². The maximum Gasteiger partial charge on any atom is 0.109 e. The lowest BCUT2D eigenvalue weighted by molar-refractivity contribution is -0.0175. The molecule has 1 rings (SSSR count). The topological polar surface area (TPSA) is 33.1 Å². The number of hydrogen-bond acceptors (Lipinski definition) is 3. The zero-order valence-electron chi connectivity index (χ0n) is 8.66. The van der Waals surface area contributed by atoms with Gasteiger partial charge in [0.15, 0.2) is 0 Å². The first-order chi connectivity index (χ1) is 6.00. The third-order valence-corrected chi connectivity index (χ3v) is 3.33. The monoisotopic (exact) mass is 199 g/mol. The third-order valence-electron chi connectivity index (χ3n) is 2.56. The average Bonchev–Trinajstić information content (AvgIpc) is 2.50. The van der Waals surface area contributed by atoms with E-state index in [-0.39, 0.29) is 5.92 Å². The second-order valence-corrected chi connectivity index (χ2v) is 4.75. The molecule has 0 fully saturated rings. The molecule has 0 aromatic carbocycles. The summed E-state index contributed by atoms with van der Waals surface area (Å²) in [5.41, 5.74) is 0.0811. The standard InChI is InChI=1S/C10H17NOS/c1-5-10(12,7(2)3)9-6-13-8(4)11-9/h6-7,12H,5H2,1-4H3. The highest BCUT2D eigenvalue weighted by Crippen LogP contribution is 2.33. The molecule has 74 valence electrons. The number of aromatic nitrogens is 1. The maximum absolute atomic E-state index is 10.3. The molecule has 1 heterocycles. The van der Waals surface area contributed by atoms with E-state index in [1.165, 1.54) is 0 Å². The van der Waals surface area contributed by atoms with Gasteiger partial charge in [0.2, 0.25) is 0 Å². The summed E-state index contributed by atoms with van der Waals surface area (Å²) in [5, 5.41) is 13.3. The van der Waals surface area contributed by atoms with Crippen molar-refractivity contribution in [2.75, 3.05) is 0 Å². The van der Waals surface area contributed by atoms with Gasteiger partial charge in [0, 0.05) is 5.38 Å². The van der Waals surface area contributed by atoms with Gasteiger partial charge in [-0.15, -0.1) is 11.3 Å². The minimum atomic E-state index is -0.745. The van der Waals surface area contributed by atoms with Crippen LogP contribution in [0.2, 0.25) is 0 Å². The first-order valence-corrected chi connectivity index (χ1v) is 5.53. The minimum absolute atomic E-state index is 0.207. The van der Waals surface area contributed by atoms with Gasteiger partial charge >= 0.3 is 0 Å². The summed E-state index contributed by atoms with van der Waals surface area (Å²) in [4.78, 5) is 4.34. The van der Waals surface area contributed by atoms with Gasteiger partial charge in [0.1, 0.15) is 5.60 Å². The van der Waals surface area contributed by atoms with Crippen molar-refractivity contribution in [2.45, 2.75) is 39.7 Å². The van der Waals surface area contributed by atoms with Gasteiger partial charge in [-0.05, 0) is 19.3 Å². The third kappa shape index (κ3) is 1.92. The molecule has 0 aliphatic carbocycles. The number of nitrogens with zero attached hydrogens (tertiary/aromatic N) is 1. The molecule has 0 aliphatic rings. The lowest BCUT2D eigenvalue weighted by Crippen LogP contribution is -2.31. The van der Waals surface area contributed by atoms with E-state index in [0.717, 1.165) is 10.7 Å². The molecule has 0 amide bonds. The Morgan fingerprint density at radius 3 is 2.54 bits per heavy atom. The van der Waals surface area contributed by atoms with Gasteiger partial charge in [-0.2, -0.15) is 0 Å². The fraction of sp³-hybridized carbons (Fsp3) is 0.700. The first-order valence-electron chi connectivity index (χ1n) is 4.65. The Kier molecular flexibility index (Phi) is 3.09. The van der Waals surface area contributed by atoms with Crippen LogP contribution in [0.5, 0.6) is 0 Å². The molecule has 3 heteroatoms. The number of rotatable bonds is 3. The Labute approximate surface area is 83.6 Å². The molecule has 0 spiro atoms. The lowest BCUT2D eigenvalue weighted by atomic mass is 9.85. The Bertz CT molecular complexity index is 282. The molecule has 1 aromatic heterocycles. The van der Waals surface area contributed by atoms with Crippen LogP contribution in [0.15, 0.2) is 5.38 Å². The molecule has 0 radical (unpaired) electrons. The second kappa shape index (κ2) is 3.76. The SMILES string of the molecule is CCC(O)(c1csc(C)n1)C(C)C. The highest BCUT2D eigenvalue weighted by Gasteiger charge is 2.33. The lowest BCUT2D eigenvalue weighted by Gasteiger charge is -2.29. The van der Waals surface area contributed by atoms with Crippen LogP contribution in [-0.2, 0) is 5.60 Å². The van der Waals surface area contributed by atoms with Crippen LogP contribution in [0.4, 0.5) is 0 Å². The second-order valence-electron chi connectivity index (χ2n) is 3.68. The molecule has 1 N–H and O–H groups in total. The molecule has 0 saturated heterocycles. The molecule has 13 heavy (non-hydrogen) atoms. The maximum atomic E-state index is 10.3. The number of aliphatic hydroxyl groups is 1. The normalized spacial score (nSPS) is 16.2. The summed E-state index contributed by atoms with van der Waals surface area (Å²) in [6.07, 6.45) is 0.716. The Hall–Kier alpha value is -0.410. The summed E-state index contributed by atoms with van der Waals surface area (Å²) >= 11 is 1.59. The molecular formula is C10H17NOS. The van der Waals surface area contributed by atoms with Gasteiger partial charge in [-0.3, -0.25) is 0 Å². The fourth-order valence-electron chi connectivity index (χ4n) is 1.45. The van der Waals surface area contributed by atoms with Crippen molar-refractivity contribution < 1.29 is 5.11 Å². The predicted octanol–water partition coefficient (Wildman–Crippen LogP) is 2.71. The predicted molar refractivity (Wildman–Crippen MR) is 55.9 cm³/mol.